The van der Waals surface area contributed by atoms with E-state index in [9.17, 15) is 0 Å². The van der Waals surface area contributed by atoms with Gasteiger partial charge in [0.05, 0.1) is 12.1 Å². The average Bonchev–Trinajstić information content (AvgIpc) is 2.91. The standard InChI is InChI=1S/C11H20N2/c1-3-7-13(9-10-5-6-10)11(4-2)8-12/h10-11H,3-7,9H2,1-2H3. The van der Waals surface area contributed by atoms with Gasteiger partial charge in [0.25, 0.3) is 0 Å². The predicted octanol–water partition coefficient (Wildman–Crippen LogP) is 2.41. The van der Waals surface area contributed by atoms with Crippen LogP contribution in [0.15, 0.2) is 0 Å². The lowest BCUT2D eigenvalue weighted by atomic mass is 10.2. The molecular weight excluding hydrogens is 160 g/mol. The number of hydrogen-bond donors (Lipinski definition) is 0. The van der Waals surface area contributed by atoms with Crippen molar-refractivity contribution in [3.8, 4) is 6.07 Å². The minimum absolute atomic E-state index is 0.153. The van der Waals surface area contributed by atoms with Gasteiger partial charge in [0, 0.05) is 6.54 Å². The smallest absolute Gasteiger partial charge is 0.0975 e. The summed E-state index contributed by atoms with van der Waals surface area (Å²) >= 11 is 0. The van der Waals surface area contributed by atoms with Crippen LogP contribution in [-0.4, -0.2) is 24.0 Å². The highest BCUT2D eigenvalue weighted by Gasteiger charge is 2.26. The molecule has 0 aromatic heterocycles. The van der Waals surface area contributed by atoms with Crippen molar-refractivity contribution in [1.29, 1.82) is 5.26 Å². The zero-order valence-corrected chi connectivity index (χ0v) is 8.79. The van der Waals surface area contributed by atoms with E-state index in [1.165, 1.54) is 12.8 Å². The van der Waals surface area contributed by atoms with E-state index in [1.54, 1.807) is 0 Å². The van der Waals surface area contributed by atoms with Crippen LogP contribution in [0, 0.1) is 17.2 Å². The van der Waals surface area contributed by atoms with Crippen LogP contribution in [-0.2, 0) is 0 Å². The second-order valence-electron chi connectivity index (χ2n) is 3.99. The largest absolute Gasteiger partial charge is 0.288 e. The molecule has 0 aromatic carbocycles. The molecule has 0 bridgehead atoms. The summed E-state index contributed by atoms with van der Waals surface area (Å²) in [5.41, 5.74) is 0. The summed E-state index contributed by atoms with van der Waals surface area (Å²) in [6.07, 6.45) is 4.87. The van der Waals surface area contributed by atoms with Gasteiger partial charge in [-0.1, -0.05) is 13.8 Å². The van der Waals surface area contributed by atoms with E-state index < -0.39 is 0 Å². The zero-order valence-electron chi connectivity index (χ0n) is 8.79. The monoisotopic (exact) mass is 180 g/mol. The lowest BCUT2D eigenvalue weighted by Gasteiger charge is -2.25. The lowest BCUT2D eigenvalue weighted by molar-refractivity contribution is 0.220. The van der Waals surface area contributed by atoms with Crippen molar-refractivity contribution in [3.63, 3.8) is 0 Å². The minimum atomic E-state index is 0.153. The Kier molecular flexibility index (Phi) is 4.24. The molecular formula is C11H20N2. The Labute approximate surface area is 81.5 Å². The van der Waals surface area contributed by atoms with Crippen molar-refractivity contribution < 1.29 is 0 Å². The molecule has 0 heterocycles. The van der Waals surface area contributed by atoms with E-state index >= 15 is 0 Å². The summed E-state index contributed by atoms with van der Waals surface area (Å²) in [5, 5.41) is 8.96. The maximum absolute atomic E-state index is 8.96. The molecule has 1 fully saturated rings. The first kappa shape index (κ1) is 10.5. The highest BCUT2D eigenvalue weighted by atomic mass is 15.2. The predicted molar refractivity (Wildman–Crippen MR) is 54.3 cm³/mol. The van der Waals surface area contributed by atoms with E-state index in [0.717, 1.165) is 31.8 Å². The number of rotatable bonds is 6. The Balaban J connectivity index is 2.38. The SMILES string of the molecule is CCCN(CC1CC1)C(C#N)CC. The molecule has 0 aromatic rings. The molecule has 1 atom stereocenters. The van der Waals surface area contributed by atoms with Crippen molar-refractivity contribution in [2.24, 2.45) is 5.92 Å². The van der Waals surface area contributed by atoms with E-state index in [4.69, 9.17) is 5.26 Å². The third kappa shape index (κ3) is 3.36. The molecule has 0 radical (unpaired) electrons. The Hall–Kier alpha value is -0.550. The van der Waals surface area contributed by atoms with Gasteiger partial charge in [0.2, 0.25) is 0 Å². The first-order valence-corrected chi connectivity index (χ1v) is 5.45. The summed E-state index contributed by atoms with van der Waals surface area (Å²) in [7, 11) is 0. The summed E-state index contributed by atoms with van der Waals surface area (Å²) in [6.45, 7) is 6.52. The van der Waals surface area contributed by atoms with Crippen molar-refractivity contribution in [2.75, 3.05) is 13.1 Å². The highest BCUT2D eigenvalue weighted by molar-refractivity contribution is 4.92. The molecule has 1 unspecified atom stereocenters. The molecule has 13 heavy (non-hydrogen) atoms. The van der Waals surface area contributed by atoms with Crippen LogP contribution in [0.3, 0.4) is 0 Å². The second-order valence-corrected chi connectivity index (χ2v) is 3.99. The Bertz CT molecular complexity index is 179. The average molecular weight is 180 g/mol. The summed E-state index contributed by atoms with van der Waals surface area (Å²) < 4.78 is 0. The topological polar surface area (TPSA) is 27.0 Å². The highest BCUT2D eigenvalue weighted by Crippen LogP contribution is 2.30. The third-order valence-corrected chi connectivity index (χ3v) is 2.68. The van der Waals surface area contributed by atoms with Crippen LogP contribution < -0.4 is 0 Å². The van der Waals surface area contributed by atoms with Crippen molar-refractivity contribution in [1.82, 2.24) is 4.90 Å². The maximum atomic E-state index is 8.96. The summed E-state index contributed by atoms with van der Waals surface area (Å²) in [6, 6.07) is 2.55. The van der Waals surface area contributed by atoms with Crippen LogP contribution in [0.25, 0.3) is 0 Å². The van der Waals surface area contributed by atoms with Crippen molar-refractivity contribution in [2.45, 2.75) is 45.6 Å². The zero-order chi connectivity index (χ0) is 9.68. The maximum Gasteiger partial charge on any atom is 0.0975 e. The lowest BCUT2D eigenvalue weighted by Crippen LogP contribution is -2.36. The molecule has 1 aliphatic rings. The van der Waals surface area contributed by atoms with Crippen LogP contribution in [0.5, 0.6) is 0 Å². The van der Waals surface area contributed by atoms with Gasteiger partial charge in [-0.2, -0.15) is 5.26 Å². The molecule has 74 valence electrons. The van der Waals surface area contributed by atoms with E-state index in [0.29, 0.717) is 0 Å². The van der Waals surface area contributed by atoms with Crippen LogP contribution in [0.2, 0.25) is 0 Å². The van der Waals surface area contributed by atoms with E-state index in [1.807, 2.05) is 0 Å². The van der Waals surface area contributed by atoms with Gasteiger partial charge in [-0.05, 0) is 38.1 Å². The fraction of sp³-hybridized carbons (Fsp3) is 0.909. The molecule has 2 heteroatoms. The number of hydrogen-bond acceptors (Lipinski definition) is 2. The molecule has 2 nitrogen and oxygen atoms in total. The van der Waals surface area contributed by atoms with Gasteiger partial charge in [-0.15, -0.1) is 0 Å². The molecule has 0 spiro atoms. The van der Waals surface area contributed by atoms with Crippen LogP contribution in [0.4, 0.5) is 0 Å². The minimum Gasteiger partial charge on any atom is -0.288 e. The van der Waals surface area contributed by atoms with Crippen LogP contribution >= 0.6 is 0 Å². The van der Waals surface area contributed by atoms with Gasteiger partial charge in [0.1, 0.15) is 0 Å². The van der Waals surface area contributed by atoms with Gasteiger partial charge < -0.3 is 0 Å². The van der Waals surface area contributed by atoms with E-state index in [2.05, 4.69) is 24.8 Å². The fourth-order valence-electron chi connectivity index (χ4n) is 1.72. The Morgan fingerprint density at radius 3 is 2.54 bits per heavy atom. The van der Waals surface area contributed by atoms with Gasteiger partial charge in [-0.25, -0.2) is 0 Å². The van der Waals surface area contributed by atoms with Gasteiger partial charge in [0.15, 0.2) is 0 Å². The van der Waals surface area contributed by atoms with E-state index in [-0.39, 0.29) is 6.04 Å². The molecule has 0 saturated heterocycles. The second kappa shape index (κ2) is 5.24. The molecule has 1 rings (SSSR count). The molecule has 0 aliphatic heterocycles. The molecule has 1 aliphatic carbocycles. The van der Waals surface area contributed by atoms with Gasteiger partial charge in [-0.3, -0.25) is 4.90 Å². The third-order valence-electron chi connectivity index (χ3n) is 2.68. The molecule has 0 amide bonds. The van der Waals surface area contributed by atoms with Crippen LogP contribution in [0.1, 0.15) is 39.5 Å². The first-order valence-electron chi connectivity index (χ1n) is 5.45. The van der Waals surface area contributed by atoms with Gasteiger partial charge >= 0.3 is 0 Å². The number of nitriles is 1. The van der Waals surface area contributed by atoms with Crippen molar-refractivity contribution in [3.05, 3.63) is 0 Å². The Morgan fingerprint density at radius 1 is 1.46 bits per heavy atom. The molecule has 1 saturated carbocycles. The normalized spacial score (nSPS) is 18.6. The quantitative estimate of drug-likeness (QED) is 0.627. The van der Waals surface area contributed by atoms with Crippen molar-refractivity contribution >= 4 is 0 Å². The first-order chi connectivity index (χ1) is 6.31. The Morgan fingerprint density at radius 2 is 2.15 bits per heavy atom. The summed E-state index contributed by atoms with van der Waals surface area (Å²) in [4.78, 5) is 2.36. The summed E-state index contributed by atoms with van der Waals surface area (Å²) in [5.74, 6) is 0.897. The fourth-order valence-corrected chi connectivity index (χ4v) is 1.72. The number of nitrogens with zero attached hydrogens (tertiary/aromatic N) is 2. The molecule has 0 N–H and O–H groups in total.